The molecule has 1 aromatic carbocycles. The van der Waals surface area contributed by atoms with Crippen LogP contribution in [-0.2, 0) is 18.3 Å². The number of aliphatic hydroxyl groups is 1. The second-order valence-electron chi connectivity index (χ2n) is 8.21. The van der Waals surface area contributed by atoms with Crippen molar-refractivity contribution in [2.75, 3.05) is 20.2 Å². The van der Waals surface area contributed by atoms with E-state index in [9.17, 15) is 9.90 Å². The molecule has 0 spiro atoms. The van der Waals surface area contributed by atoms with Gasteiger partial charge in [0.25, 0.3) is 0 Å². The number of carbonyl (C=O) groups is 1. The minimum absolute atomic E-state index is 0.0215. The van der Waals surface area contributed by atoms with Crippen LogP contribution in [0.5, 0.6) is 0 Å². The molecule has 4 atom stereocenters. The van der Waals surface area contributed by atoms with Gasteiger partial charge in [0.15, 0.2) is 0 Å². The van der Waals surface area contributed by atoms with Crippen molar-refractivity contribution in [2.45, 2.75) is 44.7 Å². The van der Waals surface area contributed by atoms with Crippen molar-refractivity contribution in [1.82, 2.24) is 14.8 Å². The third-order valence-corrected chi connectivity index (χ3v) is 6.60. The van der Waals surface area contributed by atoms with E-state index in [1.165, 1.54) is 27.7 Å². The molecule has 5 heteroatoms. The number of hydrogen-bond acceptors (Lipinski definition) is 3. The summed E-state index contributed by atoms with van der Waals surface area (Å²) >= 11 is 0. The molecule has 1 amide bonds. The van der Waals surface area contributed by atoms with E-state index >= 15 is 0 Å². The van der Waals surface area contributed by atoms with Crippen LogP contribution in [0.3, 0.4) is 0 Å². The van der Waals surface area contributed by atoms with Gasteiger partial charge in [-0.05, 0) is 50.9 Å². The number of benzene rings is 1. The van der Waals surface area contributed by atoms with Crippen molar-refractivity contribution < 1.29 is 9.90 Å². The molecule has 2 aliphatic rings. The molecular formula is C21H29N3O2. The Kier molecular flexibility index (Phi) is 4.32. The second kappa shape index (κ2) is 6.39. The molecule has 1 aromatic heterocycles. The maximum atomic E-state index is 12.7. The first-order valence-electron chi connectivity index (χ1n) is 9.60. The van der Waals surface area contributed by atoms with E-state index in [1.54, 1.807) is 0 Å². The van der Waals surface area contributed by atoms with Crippen LogP contribution < -0.4 is 5.32 Å². The maximum Gasteiger partial charge on any atom is 0.224 e. The molecular weight excluding hydrogens is 326 g/mol. The Morgan fingerprint density at radius 1 is 1.38 bits per heavy atom. The Bertz CT molecular complexity index is 857. The van der Waals surface area contributed by atoms with Gasteiger partial charge < -0.3 is 19.9 Å². The van der Waals surface area contributed by atoms with E-state index in [0.717, 1.165) is 19.4 Å². The largest absolute Gasteiger partial charge is 0.394 e. The number of likely N-dealkylation sites (N-methyl/N-ethyl adjacent to an activating group) is 1. The van der Waals surface area contributed by atoms with Gasteiger partial charge >= 0.3 is 0 Å². The number of rotatable bonds is 3. The number of carbonyl (C=O) groups excluding carboxylic acids is 1. The average molecular weight is 355 g/mol. The molecule has 5 nitrogen and oxygen atoms in total. The van der Waals surface area contributed by atoms with Crippen molar-refractivity contribution in [3.63, 3.8) is 0 Å². The summed E-state index contributed by atoms with van der Waals surface area (Å²) in [5, 5.41) is 13.6. The van der Waals surface area contributed by atoms with Gasteiger partial charge in [0, 0.05) is 48.2 Å². The van der Waals surface area contributed by atoms with Gasteiger partial charge in [-0.3, -0.25) is 4.79 Å². The number of aryl methyl sites for hydroxylation is 1. The third kappa shape index (κ3) is 2.57. The van der Waals surface area contributed by atoms with E-state index in [2.05, 4.69) is 54.0 Å². The lowest BCUT2D eigenvalue weighted by atomic mass is 9.72. The van der Waals surface area contributed by atoms with Gasteiger partial charge in [-0.15, -0.1) is 0 Å². The van der Waals surface area contributed by atoms with Gasteiger partial charge in [0.2, 0.25) is 5.91 Å². The number of fused-ring (bicyclic) bond motifs is 2. The monoisotopic (exact) mass is 355 g/mol. The fourth-order valence-corrected chi connectivity index (χ4v) is 5.05. The highest BCUT2D eigenvalue weighted by Gasteiger charge is 2.42. The predicted molar refractivity (Wildman–Crippen MR) is 103 cm³/mol. The summed E-state index contributed by atoms with van der Waals surface area (Å²) in [6.45, 7) is 4.82. The summed E-state index contributed by atoms with van der Waals surface area (Å²) in [7, 11) is 4.30. The van der Waals surface area contributed by atoms with E-state index in [-0.39, 0.29) is 24.5 Å². The number of amides is 1. The highest BCUT2D eigenvalue weighted by atomic mass is 16.3. The van der Waals surface area contributed by atoms with Gasteiger partial charge in [-0.2, -0.15) is 0 Å². The highest BCUT2D eigenvalue weighted by molar-refractivity contribution is 5.90. The third-order valence-electron chi connectivity index (χ3n) is 6.60. The van der Waals surface area contributed by atoms with Crippen LogP contribution >= 0.6 is 0 Å². The first-order valence-corrected chi connectivity index (χ1v) is 9.60. The maximum absolute atomic E-state index is 12.7. The summed E-state index contributed by atoms with van der Waals surface area (Å²) in [4.78, 5) is 15.1. The summed E-state index contributed by atoms with van der Waals surface area (Å²) in [5.41, 5.74) is 5.53. The van der Waals surface area contributed by atoms with Crippen molar-refractivity contribution in [3.05, 3.63) is 35.0 Å². The lowest BCUT2D eigenvalue weighted by molar-refractivity contribution is -0.128. The molecule has 1 aliphatic heterocycles. The second-order valence-corrected chi connectivity index (χ2v) is 8.21. The lowest BCUT2D eigenvalue weighted by Gasteiger charge is -2.45. The van der Waals surface area contributed by atoms with E-state index in [1.807, 2.05) is 6.92 Å². The Hall–Kier alpha value is -1.85. The first kappa shape index (κ1) is 17.6. The summed E-state index contributed by atoms with van der Waals surface area (Å²) in [6.07, 6.45) is 1.94. The Labute approximate surface area is 155 Å². The Balaban J connectivity index is 1.71. The normalized spacial score (nSPS) is 26.6. The van der Waals surface area contributed by atoms with Gasteiger partial charge in [-0.1, -0.05) is 12.1 Å². The molecule has 140 valence electrons. The molecule has 0 saturated carbocycles. The molecule has 0 radical (unpaired) electrons. The number of piperidine rings is 1. The zero-order valence-electron chi connectivity index (χ0n) is 16.1. The van der Waals surface area contributed by atoms with Crippen molar-refractivity contribution in [3.8, 4) is 0 Å². The standard InChI is InChI=1S/C21H29N3O2/c1-12(11-25)22-21(26)14-8-17-15-6-5-7-18-20(15)16(13(2)24(18)4)9-19(17)23(3)10-14/h5-7,12,14,17,19,25H,8-11H2,1-4H3,(H,22,26). The van der Waals surface area contributed by atoms with E-state index in [0.29, 0.717) is 12.0 Å². The minimum Gasteiger partial charge on any atom is -0.394 e. The quantitative estimate of drug-likeness (QED) is 0.885. The molecule has 4 rings (SSSR count). The smallest absolute Gasteiger partial charge is 0.224 e. The van der Waals surface area contributed by atoms with Gasteiger partial charge in [0.1, 0.15) is 0 Å². The number of nitrogens with one attached hydrogen (secondary N) is 1. The van der Waals surface area contributed by atoms with Crippen molar-refractivity contribution in [2.24, 2.45) is 13.0 Å². The molecule has 1 aliphatic carbocycles. The highest BCUT2D eigenvalue weighted by Crippen LogP contribution is 2.45. The molecule has 1 fully saturated rings. The van der Waals surface area contributed by atoms with Crippen LogP contribution in [0.25, 0.3) is 10.9 Å². The zero-order chi connectivity index (χ0) is 18.6. The van der Waals surface area contributed by atoms with E-state index < -0.39 is 0 Å². The molecule has 1 saturated heterocycles. The van der Waals surface area contributed by atoms with Gasteiger partial charge in [0.05, 0.1) is 12.5 Å². The number of aromatic nitrogens is 1. The average Bonchev–Trinajstić information content (AvgIpc) is 2.88. The first-order chi connectivity index (χ1) is 12.4. The SMILES string of the molecule is Cc1c2c3c(cccc3n1C)C1CC(C(=O)NC(C)CO)CN(C)C1C2. The summed E-state index contributed by atoms with van der Waals surface area (Å²) in [5.74, 6) is 0.419. The number of hydrogen-bond donors (Lipinski definition) is 2. The van der Waals surface area contributed by atoms with Gasteiger partial charge in [-0.25, -0.2) is 0 Å². The van der Waals surface area contributed by atoms with Crippen molar-refractivity contribution >= 4 is 16.8 Å². The molecule has 26 heavy (non-hydrogen) atoms. The predicted octanol–water partition coefficient (Wildman–Crippen LogP) is 1.94. The fraction of sp³-hybridized carbons (Fsp3) is 0.571. The van der Waals surface area contributed by atoms with Crippen molar-refractivity contribution in [1.29, 1.82) is 0 Å². The van der Waals surface area contributed by atoms with Crippen LogP contribution in [0, 0.1) is 12.8 Å². The molecule has 0 bridgehead atoms. The number of nitrogens with zero attached hydrogens (tertiary/aromatic N) is 2. The minimum atomic E-state index is -0.191. The molecule has 2 N–H and O–H groups in total. The van der Waals surface area contributed by atoms with Crippen LogP contribution in [0.2, 0.25) is 0 Å². The van der Waals surface area contributed by atoms with Crippen LogP contribution in [0.1, 0.15) is 36.1 Å². The lowest BCUT2D eigenvalue weighted by Crippen LogP contribution is -2.52. The fourth-order valence-electron chi connectivity index (χ4n) is 5.05. The zero-order valence-corrected chi connectivity index (χ0v) is 16.1. The number of aliphatic hydroxyl groups excluding tert-OH is 1. The Morgan fingerprint density at radius 2 is 2.15 bits per heavy atom. The summed E-state index contributed by atoms with van der Waals surface area (Å²) < 4.78 is 2.30. The van der Waals surface area contributed by atoms with Crippen LogP contribution in [0.4, 0.5) is 0 Å². The Morgan fingerprint density at radius 3 is 2.88 bits per heavy atom. The molecule has 4 unspecified atom stereocenters. The van der Waals surface area contributed by atoms with Crippen LogP contribution in [0.15, 0.2) is 18.2 Å². The molecule has 2 aromatic rings. The molecule has 2 heterocycles. The number of likely N-dealkylation sites (tertiary alicyclic amines) is 1. The summed E-state index contributed by atoms with van der Waals surface area (Å²) in [6, 6.07) is 6.88. The van der Waals surface area contributed by atoms with E-state index in [4.69, 9.17) is 0 Å². The van der Waals surface area contributed by atoms with Crippen LogP contribution in [-0.4, -0.2) is 52.8 Å². The topological polar surface area (TPSA) is 57.5 Å².